The number of fused-ring (bicyclic) bond motifs is 2. The molecule has 0 saturated heterocycles. The molecule has 1 aliphatic rings. The van der Waals surface area contributed by atoms with Gasteiger partial charge in [0.15, 0.2) is 0 Å². The minimum atomic E-state index is 0.108. The van der Waals surface area contributed by atoms with Crippen molar-refractivity contribution in [3.8, 4) is 11.5 Å². The Balaban J connectivity index is 1.98. The minimum Gasteiger partial charge on any atom is -0.468 e. The quantitative estimate of drug-likeness (QED) is 0.492. The summed E-state index contributed by atoms with van der Waals surface area (Å²) in [6, 6.07) is 20.2. The first kappa shape index (κ1) is 10.4. The fourth-order valence-corrected chi connectivity index (χ4v) is 2.67. The number of furan rings is 1. The maximum absolute atomic E-state index is 5.96. The zero-order chi connectivity index (χ0) is 12.7. The molecule has 1 aromatic heterocycles. The van der Waals surface area contributed by atoms with Crippen LogP contribution in [-0.4, -0.2) is 0 Å². The highest BCUT2D eigenvalue weighted by Crippen LogP contribution is 2.46. The lowest BCUT2D eigenvalue weighted by Gasteiger charge is -2.26. The first-order valence-electron chi connectivity index (χ1n) is 6.32. The van der Waals surface area contributed by atoms with Gasteiger partial charge >= 0.3 is 0 Å². The minimum absolute atomic E-state index is 0.108. The van der Waals surface area contributed by atoms with Gasteiger partial charge in [-0.3, -0.25) is 0 Å². The third-order valence-corrected chi connectivity index (χ3v) is 3.51. The average molecular weight is 248 g/mol. The van der Waals surface area contributed by atoms with Crippen LogP contribution in [0.15, 0.2) is 71.3 Å². The van der Waals surface area contributed by atoms with Crippen molar-refractivity contribution in [2.24, 2.45) is 0 Å². The molecule has 0 radical (unpaired) electrons. The first-order chi connectivity index (χ1) is 9.43. The fourth-order valence-electron chi connectivity index (χ4n) is 2.67. The van der Waals surface area contributed by atoms with Gasteiger partial charge in [-0.15, -0.1) is 0 Å². The highest BCUT2D eigenvalue weighted by molar-refractivity contribution is 5.56. The number of ether oxygens (including phenoxy) is 1. The number of para-hydroxylation sites is 2. The van der Waals surface area contributed by atoms with E-state index in [9.17, 15) is 0 Å². The Labute approximate surface area is 111 Å². The van der Waals surface area contributed by atoms with Gasteiger partial charge in [0, 0.05) is 11.1 Å². The lowest BCUT2D eigenvalue weighted by Crippen LogP contribution is -2.10. The van der Waals surface area contributed by atoms with E-state index in [0.717, 1.165) is 28.4 Å². The summed E-state index contributed by atoms with van der Waals surface area (Å²) in [6.45, 7) is 0. The van der Waals surface area contributed by atoms with Gasteiger partial charge < -0.3 is 9.15 Å². The zero-order valence-electron chi connectivity index (χ0n) is 10.2. The summed E-state index contributed by atoms with van der Waals surface area (Å²) < 4.78 is 11.6. The summed E-state index contributed by atoms with van der Waals surface area (Å²) in [6.07, 6.45) is 1.72. The van der Waals surface area contributed by atoms with Gasteiger partial charge in [-0.25, -0.2) is 0 Å². The van der Waals surface area contributed by atoms with Gasteiger partial charge in [-0.05, 0) is 24.3 Å². The molecule has 0 bridgehead atoms. The van der Waals surface area contributed by atoms with Crippen molar-refractivity contribution in [1.82, 2.24) is 0 Å². The smallest absolute Gasteiger partial charge is 0.131 e. The Kier molecular flexibility index (Phi) is 2.21. The van der Waals surface area contributed by atoms with E-state index in [4.69, 9.17) is 9.15 Å². The van der Waals surface area contributed by atoms with Crippen molar-refractivity contribution in [2.75, 3.05) is 0 Å². The lowest BCUT2D eigenvalue weighted by atomic mass is 9.86. The van der Waals surface area contributed by atoms with Gasteiger partial charge in [-0.2, -0.15) is 0 Å². The molecule has 2 nitrogen and oxygen atoms in total. The fraction of sp³-hybridized carbons (Fsp3) is 0.0588. The van der Waals surface area contributed by atoms with E-state index >= 15 is 0 Å². The number of rotatable bonds is 1. The first-order valence-corrected chi connectivity index (χ1v) is 6.32. The van der Waals surface area contributed by atoms with Crippen molar-refractivity contribution < 1.29 is 9.15 Å². The summed E-state index contributed by atoms with van der Waals surface area (Å²) in [7, 11) is 0. The average Bonchev–Trinajstić information content (AvgIpc) is 2.98. The molecule has 0 unspecified atom stereocenters. The molecule has 3 aromatic rings. The van der Waals surface area contributed by atoms with E-state index in [1.807, 2.05) is 48.5 Å². The number of hydrogen-bond acceptors (Lipinski definition) is 2. The topological polar surface area (TPSA) is 22.4 Å². The van der Waals surface area contributed by atoms with Crippen LogP contribution in [0, 0.1) is 0 Å². The molecule has 0 spiro atoms. The molecular weight excluding hydrogens is 236 g/mol. The molecule has 2 heteroatoms. The summed E-state index contributed by atoms with van der Waals surface area (Å²) in [4.78, 5) is 0. The predicted molar refractivity (Wildman–Crippen MR) is 72.6 cm³/mol. The van der Waals surface area contributed by atoms with Crippen LogP contribution >= 0.6 is 0 Å². The van der Waals surface area contributed by atoms with Gasteiger partial charge in [-0.1, -0.05) is 36.4 Å². The molecule has 2 heterocycles. The second-order valence-corrected chi connectivity index (χ2v) is 4.63. The van der Waals surface area contributed by atoms with Gasteiger partial charge in [0.2, 0.25) is 0 Å². The Hall–Kier alpha value is -2.48. The molecule has 4 rings (SSSR count). The van der Waals surface area contributed by atoms with E-state index in [1.165, 1.54) is 0 Å². The van der Waals surface area contributed by atoms with Crippen LogP contribution in [0.4, 0.5) is 0 Å². The zero-order valence-corrected chi connectivity index (χ0v) is 10.2. The number of benzene rings is 2. The van der Waals surface area contributed by atoms with Crippen LogP contribution in [0.25, 0.3) is 0 Å². The van der Waals surface area contributed by atoms with Crippen molar-refractivity contribution >= 4 is 0 Å². The Bertz CT molecular complexity index is 668. The summed E-state index contributed by atoms with van der Waals surface area (Å²) in [5, 5.41) is 0. The molecule has 92 valence electrons. The molecule has 0 N–H and O–H groups in total. The van der Waals surface area contributed by atoms with E-state index in [2.05, 4.69) is 12.1 Å². The molecule has 19 heavy (non-hydrogen) atoms. The Morgan fingerprint density at radius 3 is 1.89 bits per heavy atom. The summed E-state index contributed by atoms with van der Waals surface area (Å²) in [5.74, 6) is 2.87. The normalized spacial score (nSPS) is 13.5. The van der Waals surface area contributed by atoms with Crippen LogP contribution in [0.2, 0.25) is 0 Å². The molecule has 0 atom stereocenters. The van der Waals surface area contributed by atoms with Crippen molar-refractivity contribution in [2.45, 2.75) is 5.92 Å². The largest absolute Gasteiger partial charge is 0.468 e. The van der Waals surface area contributed by atoms with Crippen molar-refractivity contribution in [3.05, 3.63) is 83.8 Å². The van der Waals surface area contributed by atoms with Crippen LogP contribution in [0.5, 0.6) is 11.5 Å². The van der Waals surface area contributed by atoms with Gasteiger partial charge in [0.25, 0.3) is 0 Å². The van der Waals surface area contributed by atoms with Gasteiger partial charge in [0.1, 0.15) is 17.3 Å². The van der Waals surface area contributed by atoms with Crippen LogP contribution in [0.3, 0.4) is 0 Å². The van der Waals surface area contributed by atoms with Crippen LogP contribution in [-0.2, 0) is 0 Å². The lowest BCUT2D eigenvalue weighted by molar-refractivity contribution is 0.432. The van der Waals surface area contributed by atoms with E-state index in [0.29, 0.717) is 0 Å². The molecule has 0 saturated carbocycles. The molecule has 1 aliphatic heterocycles. The maximum Gasteiger partial charge on any atom is 0.131 e. The van der Waals surface area contributed by atoms with E-state index in [-0.39, 0.29) is 5.92 Å². The molecule has 2 aromatic carbocycles. The molecule has 0 aliphatic carbocycles. The summed E-state index contributed by atoms with van der Waals surface area (Å²) >= 11 is 0. The van der Waals surface area contributed by atoms with E-state index in [1.54, 1.807) is 6.26 Å². The Morgan fingerprint density at radius 2 is 1.32 bits per heavy atom. The molecule has 0 amide bonds. The maximum atomic E-state index is 5.96. The second kappa shape index (κ2) is 4.02. The molecule has 0 fully saturated rings. The number of hydrogen-bond donors (Lipinski definition) is 0. The van der Waals surface area contributed by atoms with Crippen molar-refractivity contribution in [3.63, 3.8) is 0 Å². The monoisotopic (exact) mass is 248 g/mol. The standard InChI is InChI=1S/C17H12O2/c1-3-8-14-12(6-1)17(16-10-5-11-18-16)13-7-2-4-9-15(13)19-14/h1-11,17H. The predicted octanol–water partition coefficient (Wildman–Crippen LogP) is 4.57. The highest BCUT2D eigenvalue weighted by atomic mass is 16.5. The van der Waals surface area contributed by atoms with E-state index < -0.39 is 0 Å². The SMILES string of the molecule is c1coc(C2c3ccccc3Oc3ccccc32)c1. The Morgan fingerprint density at radius 1 is 0.684 bits per heavy atom. The van der Waals surface area contributed by atoms with Crippen LogP contribution < -0.4 is 4.74 Å². The van der Waals surface area contributed by atoms with Gasteiger partial charge in [0.05, 0.1) is 12.2 Å². The highest BCUT2D eigenvalue weighted by Gasteiger charge is 2.29. The second-order valence-electron chi connectivity index (χ2n) is 4.63. The van der Waals surface area contributed by atoms with Crippen molar-refractivity contribution in [1.29, 1.82) is 0 Å². The third-order valence-electron chi connectivity index (χ3n) is 3.51. The third kappa shape index (κ3) is 1.57. The van der Waals surface area contributed by atoms with Crippen LogP contribution in [0.1, 0.15) is 22.8 Å². The summed E-state index contributed by atoms with van der Waals surface area (Å²) in [5.41, 5.74) is 2.30. The molecular formula is C17H12O2.